The first-order valence-corrected chi connectivity index (χ1v) is 12.8. The van der Waals surface area contributed by atoms with E-state index in [0.717, 1.165) is 18.1 Å². The lowest BCUT2D eigenvalue weighted by molar-refractivity contribution is -0.182. The van der Waals surface area contributed by atoms with Crippen LogP contribution < -0.4 is 4.74 Å². The van der Waals surface area contributed by atoms with Gasteiger partial charge in [-0.1, -0.05) is 12.1 Å². The molecule has 2 heterocycles. The molecule has 4 aliphatic rings. The Hall–Kier alpha value is -3.48. The number of nitrogens with zero attached hydrogens (tertiary/aromatic N) is 1. The lowest BCUT2D eigenvalue weighted by atomic mass is 9.50. The molecule has 1 aromatic rings. The molecule has 39 heavy (non-hydrogen) atoms. The van der Waals surface area contributed by atoms with Crippen molar-refractivity contribution in [3.05, 3.63) is 40.7 Å². The summed E-state index contributed by atoms with van der Waals surface area (Å²) in [6.45, 7) is 2.68. The van der Waals surface area contributed by atoms with E-state index in [1.54, 1.807) is 12.1 Å². The van der Waals surface area contributed by atoms with Crippen LogP contribution in [0.3, 0.4) is 0 Å². The quantitative estimate of drug-likeness (QED) is 0.303. The van der Waals surface area contributed by atoms with E-state index in [1.807, 2.05) is 13.1 Å². The Morgan fingerprint density at radius 3 is 2.62 bits per heavy atom. The number of likely N-dealkylation sites (N-methyl/N-ethyl adjacent to an activating group) is 1. The van der Waals surface area contributed by atoms with Crippen molar-refractivity contribution in [2.45, 2.75) is 81.5 Å². The number of hydrogen-bond acceptors (Lipinski definition) is 11. The number of esters is 3. The summed E-state index contributed by atoms with van der Waals surface area (Å²) < 4.78 is 21.9. The number of piperidine rings is 1. The van der Waals surface area contributed by atoms with Crippen LogP contribution in [0.5, 0.6) is 5.75 Å². The number of likely N-dealkylation sites (tertiary alicyclic amines) is 1. The molecule has 0 saturated carbocycles. The van der Waals surface area contributed by atoms with Crippen molar-refractivity contribution in [2.24, 2.45) is 0 Å². The summed E-state index contributed by atoms with van der Waals surface area (Å²) in [7, 11) is 1.95. The Bertz CT molecular complexity index is 1270. The van der Waals surface area contributed by atoms with E-state index in [-0.39, 0.29) is 24.8 Å². The summed E-state index contributed by atoms with van der Waals surface area (Å²) in [5.74, 6) is -3.89. The van der Waals surface area contributed by atoms with Crippen LogP contribution in [-0.4, -0.2) is 87.6 Å². The SMILES string of the molecule is CC(=O)O[C@@H](C)C(=O)O[C@@H](CC(=O)O)C(=O)OC1=CC[C@@]2(O)[C@H]3Cc4ccc(CO)c5c4C2(CCN3C)C1O5. The molecule has 3 N–H and O–H groups in total. The zero-order valence-corrected chi connectivity index (χ0v) is 21.8. The van der Waals surface area contributed by atoms with E-state index in [4.69, 9.17) is 18.9 Å². The molecule has 5 rings (SSSR count). The number of carbonyl (C=O) groups is 4. The van der Waals surface area contributed by atoms with E-state index in [9.17, 15) is 34.5 Å². The van der Waals surface area contributed by atoms with Crippen molar-refractivity contribution >= 4 is 23.9 Å². The highest BCUT2D eigenvalue weighted by Gasteiger charge is 2.72. The second-order valence-corrected chi connectivity index (χ2v) is 10.6. The van der Waals surface area contributed by atoms with Gasteiger partial charge in [0, 0.05) is 30.5 Å². The summed E-state index contributed by atoms with van der Waals surface area (Å²) in [5, 5.41) is 31.5. The van der Waals surface area contributed by atoms with Crippen molar-refractivity contribution in [1.82, 2.24) is 4.90 Å². The molecule has 2 aliphatic carbocycles. The first-order chi connectivity index (χ1) is 18.4. The fraction of sp³-hybridized carbons (Fsp3) is 0.556. The minimum absolute atomic E-state index is 0.0698. The summed E-state index contributed by atoms with van der Waals surface area (Å²) in [6.07, 6.45) is -2.23. The molecule has 2 unspecified atom stereocenters. The van der Waals surface area contributed by atoms with E-state index < -0.39 is 59.6 Å². The second kappa shape index (κ2) is 9.61. The smallest absolute Gasteiger partial charge is 0.353 e. The third kappa shape index (κ3) is 4.09. The van der Waals surface area contributed by atoms with E-state index in [2.05, 4.69) is 4.90 Å². The molecule has 0 aromatic heterocycles. The first kappa shape index (κ1) is 27.1. The van der Waals surface area contributed by atoms with Gasteiger partial charge < -0.3 is 39.2 Å². The van der Waals surface area contributed by atoms with Gasteiger partial charge in [0.05, 0.1) is 24.0 Å². The molecule has 1 saturated heterocycles. The average Bonchev–Trinajstić information content (AvgIpc) is 3.22. The van der Waals surface area contributed by atoms with Gasteiger partial charge in [0.25, 0.3) is 0 Å². The molecule has 2 bridgehead atoms. The maximum Gasteiger partial charge on any atom is 0.353 e. The van der Waals surface area contributed by atoms with E-state index in [1.165, 1.54) is 6.92 Å². The van der Waals surface area contributed by atoms with Gasteiger partial charge in [0.1, 0.15) is 11.5 Å². The van der Waals surface area contributed by atoms with Gasteiger partial charge in [0.2, 0.25) is 6.10 Å². The largest absolute Gasteiger partial charge is 0.481 e. The number of aliphatic hydroxyl groups is 2. The maximum absolute atomic E-state index is 13.2. The van der Waals surface area contributed by atoms with Crippen LogP contribution in [0.1, 0.15) is 49.8 Å². The minimum Gasteiger partial charge on any atom is -0.481 e. The number of aliphatic carboxylic acids is 1. The topological polar surface area (TPSA) is 169 Å². The lowest BCUT2D eigenvalue weighted by Gasteiger charge is -2.61. The van der Waals surface area contributed by atoms with E-state index >= 15 is 0 Å². The molecule has 6 atom stereocenters. The molecular weight excluding hydrogens is 514 g/mol. The van der Waals surface area contributed by atoms with Gasteiger partial charge in [-0.25, -0.2) is 9.59 Å². The third-order valence-electron chi connectivity index (χ3n) is 8.40. The molecule has 0 amide bonds. The zero-order valence-electron chi connectivity index (χ0n) is 21.8. The van der Waals surface area contributed by atoms with E-state index in [0.29, 0.717) is 30.7 Å². The molecule has 1 spiro atoms. The van der Waals surface area contributed by atoms with Crippen LogP contribution >= 0.6 is 0 Å². The monoisotopic (exact) mass is 545 g/mol. The highest BCUT2D eigenvalue weighted by molar-refractivity contribution is 5.86. The number of benzene rings is 1. The number of carbonyl (C=O) groups excluding carboxylic acids is 3. The van der Waals surface area contributed by atoms with Crippen LogP contribution in [0.25, 0.3) is 0 Å². The molecule has 12 heteroatoms. The van der Waals surface area contributed by atoms with Crippen molar-refractivity contribution in [1.29, 1.82) is 0 Å². The fourth-order valence-electron chi connectivity index (χ4n) is 6.68. The van der Waals surface area contributed by atoms with Crippen LogP contribution in [0.2, 0.25) is 0 Å². The average molecular weight is 546 g/mol. The molecule has 0 radical (unpaired) electrons. The Labute approximate surface area is 224 Å². The van der Waals surface area contributed by atoms with Crippen LogP contribution in [0.15, 0.2) is 24.0 Å². The number of ether oxygens (including phenoxy) is 4. The number of rotatable bonds is 8. The molecule has 210 valence electrons. The normalized spacial score (nSPS) is 29.7. The Balaban J connectivity index is 1.48. The Morgan fingerprint density at radius 2 is 1.95 bits per heavy atom. The van der Waals surface area contributed by atoms with Crippen LogP contribution in [0.4, 0.5) is 0 Å². The standard InChI is InChI=1S/C27H31NO11/c1-13(36-14(2)30)24(33)38-18(11-20(31)32)25(34)37-17-6-7-27(35)19-10-15-4-5-16(12-29)22-21(15)26(27,23(17)39-22)8-9-28(19)3/h4-6,13,18-19,23,29,35H,7-12H2,1-3H3,(H,31,32)/t13-,18-,19+,23?,26?,27+/m0/s1. The third-order valence-corrected chi connectivity index (χ3v) is 8.40. The Morgan fingerprint density at radius 1 is 1.21 bits per heavy atom. The lowest BCUT2D eigenvalue weighted by Crippen LogP contribution is -2.74. The molecular formula is C27H31NO11. The summed E-state index contributed by atoms with van der Waals surface area (Å²) >= 11 is 0. The van der Waals surface area contributed by atoms with Crippen molar-refractivity contribution < 1.29 is 53.4 Å². The Kier molecular flexibility index (Phi) is 6.68. The molecule has 1 fully saturated rings. The van der Waals surface area contributed by atoms with Gasteiger partial charge in [-0.05, 0) is 45.0 Å². The predicted molar refractivity (Wildman–Crippen MR) is 130 cm³/mol. The first-order valence-electron chi connectivity index (χ1n) is 12.8. The molecule has 2 aliphatic heterocycles. The summed E-state index contributed by atoms with van der Waals surface area (Å²) in [5.41, 5.74) is 0.108. The van der Waals surface area contributed by atoms with Gasteiger partial charge in [-0.15, -0.1) is 0 Å². The number of hydrogen-bond donors (Lipinski definition) is 3. The minimum atomic E-state index is -1.82. The molecule has 12 nitrogen and oxygen atoms in total. The van der Waals surface area contributed by atoms with Crippen LogP contribution in [0, 0.1) is 0 Å². The number of carboxylic acid groups (broad SMARTS) is 1. The maximum atomic E-state index is 13.2. The van der Waals surface area contributed by atoms with Crippen molar-refractivity contribution in [3.8, 4) is 5.75 Å². The molecule has 1 aromatic carbocycles. The van der Waals surface area contributed by atoms with Crippen molar-refractivity contribution in [3.63, 3.8) is 0 Å². The second-order valence-electron chi connectivity index (χ2n) is 10.6. The highest BCUT2D eigenvalue weighted by atomic mass is 16.6. The highest BCUT2D eigenvalue weighted by Crippen LogP contribution is 2.64. The van der Waals surface area contributed by atoms with Gasteiger partial charge in [-0.3, -0.25) is 9.59 Å². The number of aliphatic hydroxyl groups excluding tert-OH is 1. The number of carboxylic acids is 1. The van der Waals surface area contributed by atoms with Crippen molar-refractivity contribution in [2.75, 3.05) is 13.6 Å². The zero-order chi connectivity index (χ0) is 28.3. The van der Waals surface area contributed by atoms with Gasteiger partial charge in [-0.2, -0.15) is 0 Å². The van der Waals surface area contributed by atoms with Gasteiger partial charge >= 0.3 is 23.9 Å². The summed E-state index contributed by atoms with van der Waals surface area (Å²) in [4.78, 5) is 50.3. The predicted octanol–water partition coefficient (Wildman–Crippen LogP) is 0.338. The fourth-order valence-corrected chi connectivity index (χ4v) is 6.68. The summed E-state index contributed by atoms with van der Waals surface area (Å²) in [6, 6.07) is 3.48. The van der Waals surface area contributed by atoms with Gasteiger partial charge in [0.15, 0.2) is 12.2 Å². The van der Waals surface area contributed by atoms with Crippen LogP contribution in [-0.2, 0) is 51.8 Å².